The maximum absolute atomic E-state index is 12.6. The summed E-state index contributed by atoms with van der Waals surface area (Å²) in [7, 11) is 0. The van der Waals surface area contributed by atoms with Gasteiger partial charge in [0.1, 0.15) is 6.04 Å². The molecule has 2 amide bonds. The average molecular weight is 415 g/mol. The molecule has 1 heterocycles. The van der Waals surface area contributed by atoms with Crippen LogP contribution in [0.3, 0.4) is 0 Å². The van der Waals surface area contributed by atoms with Crippen molar-refractivity contribution >= 4 is 41.0 Å². The summed E-state index contributed by atoms with van der Waals surface area (Å²) < 4.78 is 5.34. The summed E-state index contributed by atoms with van der Waals surface area (Å²) in [6.45, 7) is 6.47. The smallest absolute Gasteiger partial charge is 0.329 e. The number of hydrogen-bond donors (Lipinski definition) is 1. The van der Waals surface area contributed by atoms with Crippen molar-refractivity contribution in [2.45, 2.75) is 45.8 Å². The summed E-state index contributed by atoms with van der Waals surface area (Å²) in [5.41, 5.74) is 0.209. The van der Waals surface area contributed by atoms with Crippen molar-refractivity contribution in [2.24, 2.45) is 5.92 Å². The number of benzene rings is 1. The molecular weight excluding hydrogens is 391 g/mol. The Hall–Kier alpha value is -1.79. The highest BCUT2D eigenvalue weighted by molar-refractivity contribution is 6.36. The lowest BCUT2D eigenvalue weighted by atomic mass is 10.0. The van der Waals surface area contributed by atoms with Gasteiger partial charge in [-0.2, -0.15) is 0 Å². The highest BCUT2D eigenvalue weighted by atomic mass is 35.5. The minimum Gasteiger partial charge on any atom is -0.451 e. The molecule has 1 aromatic carbocycles. The van der Waals surface area contributed by atoms with Gasteiger partial charge < -0.3 is 15.0 Å². The number of esters is 1. The number of nitrogens with one attached hydrogen (secondary N) is 1. The van der Waals surface area contributed by atoms with Crippen LogP contribution in [0.25, 0.3) is 0 Å². The van der Waals surface area contributed by atoms with Crippen LogP contribution in [0.2, 0.25) is 10.0 Å². The SMILES string of the molecule is CC(C)[C@H](NC(=O)c1ccc(Cl)cc1Cl)C(=O)O[C@H](C)C(=O)N1CCCC1. The summed E-state index contributed by atoms with van der Waals surface area (Å²) in [5.74, 6) is -1.61. The van der Waals surface area contributed by atoms with Gasteiger partial charge in [0.2, 0.25) is 0 Å². The molecule has 1 aliphatic heterocycles. The first-order chi connectivity index (χ1) is 12.7. The number of amides is 2. The normalized spacial score (nSPS) is 16.1. The highest BCUT2D eigenvalue weighted by Crippen LogP contribution is 2.21. The van der Waals surface area contributed by atoms with Crippen LogP contribution in [0.4, 0.5) is 0 Å². The van der Waals surface area contributed by atoms with E-state index < -0.39 is 24.0 Å². The number of hydrogen-bond acceptors (Lipinski definition) is 4. The lowest BCUT2D eigenvalue weighted by molar-refractivity contribution is -0.161. The van der Waals surface area contributed by atoms with Gasteiger partial charge >= 0.3 is 5.97 Å². The molecule has 0 spiro atoms. The minimum atomic E-state index is -0.905. The summed E-state index contributed by atoms with van der Waals surface area (Å²) in [6, 6.07) is 3.58. The Morgan fingerprint density at radius 2 is 1.74 bits per heavy atom. The molecular formula is C19H24Cl2N2O4. The first-order valence-electron chi connectivity index (χ1n) is 8.96. The number of halogens is 2. The summed E-state index contributed by atoms with van der Waals surface area (Å²) in [6.07, 6.45) is 1.02. The fraction of sp³-hybridized carbons (Fsp3) is 0.526. The molecule has 2 rings (SSSR count). The molecule has 1 N–H and O–H groups in total. The predicted molar refractivity (Wildman–Crippen MR) is 104 cm³/mol. The van der Waals surface area contributed by atoms with Gasteiger partial charge in [-0.3, -0.25) is 9.59 Å². The fourth-order valence-corrected chi connectivity index (χ4v) is 3.38. The number of likely N-dealkylation sites (tertiary alicyclic amines) is 1. The number of carbonyl (C=O) groups excluding carboxylic acids is 3. The van der Waals surface area contributed by atoms with Gasteiger partial charge in [0.25, 0.3) is 11.8 Å². The fourth-order valence-electron chi connectivity index (χ4n) is 2.88. The van der Waals surface area contributed by atoms with Crippen LogP contribution in [0.1, 0.15) is 44.0 Å². The monoisotopic (exact) mass is 414 g/mol. The van der Waals surface area contributed by atoms with Gasteiger partial charge in [-0.15, -0.1) is 0 Å². The zero-order chi connectivity index (χ0) is 20.1. The predicted octanol–water partition coefficient (Wildman–Crippen LogP) is 3.30. The van der Waals surface area contributed by atoms with Crippen LogP contribution in [0, 0.1) is 5.92 Å². The van der Waals surface area contributed by atoms with Crippen molar-refractivity contribution in [1.29, 1.82) is 0 Å². The third-order valence-electron chi connectivity index (χ3n) is 4.44. The van der Waals surface area contributed by atoms with Crippen LogP contribution in [0.15, 0.2) is 18.2 Å². The molecule has 0 radical (unpaired) electrons. The van der Waals surface area contributed by atoms with Crippen molar-refractivity contribution in [3.63, 3.8) is 0 Å². The van der Waals surface area contributed by atoms with Crippen molar-refractivity contribution in [3.8, 4) is 0 Å². The quantitative estimate of drug-likeness (QED) is 0.724. The third kappa shape index (κ3) is 5.59. The van der Waals surface area contributed by atoms with Gasteiger partial charge in [-0.05, 0) is 43.9 Å². The lowest BCUT2D eigenvalue weighted by Gasteiger charge is -2.25. The van der Waals surface area contributed by atoms with Gasteiger partial charge in [0, 0.05) is 18.1 Å². The van der Waals surface area contributed by atoms with Crippen LogP contribution in [0.5, 0.6) is 0 Å². The van der Waals surface area contributed by atoms with Crippen molar-refractivity contribution in [3.05, 3.63) is 33.8 Å². The van der Waals surface area contributed by atoms with Crippen LogP contribution in [-0.2, 0) is 14.3 Å². The number of nitrogens with zero attached hydrogens (tertiary/aromatic N) is 1. The first kappa shape index (κ1) is 21.5. The van der Waals surface area contributed by atoms with Gasteiger partial charge in [0.05, 0.1) is 10.6 Å². The molecule has 1 aromatic rings. The standard InChI is InChI=1S/C19H24Cl2N2O4/c1-11(2)16(22-17(24)14-7-6-13(20)10-15(14)21)19(26)27-12(3)18(25)23-8-4-5-9-23/h6-7,10-12,16H,4-5,8-9H2,1-3H3,(H,22,24)/t12-,16+/m1/s1. The molecule has 0 saturated carbocycles. The Morgan fingerprint density at radius 3 is 2.30 bits per heavy atom. The van der Waals surface area contributed by atoms with Crippen LogP contribution < -0.4 is 5.32 Å². The van der Waals surface area contributed by atoms with E-state index in [2.05, 4.69) is 5.32 Å². The summed E-state index contributed by atoms with van der Waals surface area (Å²) in [5, 5.41) is 3.24. The molecule has 8 heteroatoms. The van der Waals surface area contributed by atoms with E-state index in [4.69, 9.17) is 27.9 Å². The molecule has 148 valence electrons. The largest absolute Gasteiger partial charge is 0.451 e. The zero-order valence-electron chi connectivity index (χ0n) is 15.6. The topological polar surface area (TPSA) is 75.7 Å². The van der Waals surface area contributed by atoms with Gasteiger partial charge in [0.15, 0.2) is 6.10 Å². The maximum atomic E-state index is 12.6. The van der Waals surface area contributed by atoms with Crippen molar-refractivity contribution < 1.29 is 19.1 Å². The Labute approximate surface area is 169 Å². The van der Waals surface area contributed by atoms with Crippen LogP contribution >= 0.6 is 23.2 Å². The van der Waals surface area contributed by atoms with Gasteiger partial charge in [-0.25, -0.2) is 4.79 Å². The van der Waals surface area contributed by atoms with E-state index in [9.17, 15) is 14.4 Å². The van der Waals surface area contributed by atoms with Crippen molar-refractivity contribution in [2.75, 3.05) is 13.1 Å². The lowest BCUT2D eigenvalue weighted by Crippen LogP contribution is -2.48. The van der Waals surface area contributed by atoms with E-state index in [0.29, 0.717) is 18.1 Å². The van der Waals surface area contributed by atoms with E-state index in [-0.39, 0.29) is 22.4 Å². The highest BCUT2D eigenvalue weighted by Gasteiger charge is 2.31. The molecule has 0 aliphatic carbocycles. The van der Waals surface area contributed by atoms with Gasteiger partial charge in [-0.1, -0.05) is 37.0 Å². The Bertz CT molecular complexity index is 718. The number of carbonyl (C=O) groups is 3. The van der Waals surface area contributed by atoms with E-state index in [1.54, 1.807) is 31.7 Å². The summed E-state index contributed by atoms with van der Waals surface area (Å²) >= 11 is 11.9. The second kappa shape index (κ2) is 9.42. The number of rotatable bonds is 6. The molecule has 1 fully saturated rings. The van der Waals surface area contributed by atoms with Crippen molar-refractivity contribution in [1.82, 2.24) is 10.2 Å². The Balaban J connectivity index is 2.03. The number of ether oxygens (including phenoxy) is 1. The summed E-state index contributed by atoms with van der Waals surface area (Å²) in [4.78, 5) is 39.1. The molecule has 2 atom stereocenters. The molecule has 0 aromatic heterocycles. The van der Waals surface area contributed by atoms with Crippen LogP contribution in [-0.4, -0.2) is 47.9 Å². The molecule has 0 bridgehead atoms. The van der Waals surface area contributed by atoms with E-state index in [1.807, 2.05) is 0 Å². The van der Waals surface area contributed by atoms with E-state index in [1.165, 1.54) is 12.1 Å². The van der Waals surface area contributed by atoms with E-state index >= 15 is 0 Å². The maximum Gasteiger partial charge on any atom is 0.329 e. The first-order valence-corrected chi connectivity index (χ1v) is 9.71. The Kier molecular flexibility index (Phi) is 7.50. The molecule has 1 saturated heterocycles. The molecule has 27 heavy (non-hydrogen) atoms. The minimum absolute atomic E-state index is 0.188. The average Bonchev–Trinajstić information content (AvgIpc) is 3.12. The second-order valence-electron chi connectivity index (χ2n) is 6.93. The molecule has 6 nitrogen and oxygen atoms in total. The zero-order valence-corrected chi connectivity index (χ0v) is 17.1. The Morgan fingerprint density at radius 1 is 1.11 bits per heavy atom. The molecule has 0 unspecified atom stereocenters. The molecule has 1 aliphatic rings. The third-order valence-corrected chi connectivity index (χ3v) is 4.99. The van der Waals surface area contributed by atoms with E-state index in [0.717, 1.165) is 12.8 Å². The second-order valence-corrected chi connectivity index (χ2v) is 7.77.